The van der Waals surface area contributed by atoms with Crippen molar-refractivity contribution in [2.75, 3.05) is 19.5 Å². The summed E-state index contributed by atoms with van der Waals surface area (Å²) in [6, 6.07) is 24.3. The molecule has 1 saturated heterocycles. The first-order valence-electron chi connectivity index (χ1n) is 13.0. The zero-order chi connectivity index (χ0) is 29.5. The van der Waals surface area contributed by atoms with Crippen LogP contribution in [0.2, 0.25) is 0 Å². The van der Waals surface area contributed by atoms with Gasteiger partial charge in [-0.05, 0) is 42.7 Å². The minimum Gasteiger partial charge on any atom is -0.459 e. The molecule has 0 aromatic heterocycles. The van der Waals surface area contributed by atoms with Crippen LogP contribution in [0.25, 0.3) is 0 Å². The van der Waals surface area contributed by atoms with Gasteiger partial charge in [-0.2, -0.15) is 0 Å². The number of nitrogens with one attached hydrogen (secondary N) is 1. The monoisotopic (exact) mass is 589 g/mol. The molecule has 3 aromatic rings. The number of aliphatic imine (C=N–C) groups is 1. The summed E-state index contributed by atoms with van der Waals surface area (Å²) in [5.41, 5.74) is 0.805. The molecule has 0 spiro atoms. The predicted octanol–water partition coefficient (Wildman–Crippen LogP) is 3.72. The van der Waals surface area contributed by atoms with Crippen LogP contribution in [-0.4, -0.2) is 78.1 Å². The maximum absolute atomic E-state index is 13.2. The van der Waals surface area contributed by atoms with Crippen molar-refractivity contribution in [1.82, 2.24) is 10.2 Å². The number of carbonyl (C=O) groups excluding carboxylic acids is 4. The highest BCUT2D eigenvalue weighted by Gasteiger charge is 2.54. The Bertz CT molecular complexity index is 1460. The Morgan fingerprint density at radius 1 is 0.833 bits per heavy atom. The molecule has 0 radical (unpaired) electrons. The predicted molar refractivity (Wildman–Crippen MR) is 153 cm³/mol. The number of thioether (sulfide) groups is 1. The Morgan fingerprint density at radius 3 is 1.83 bits per heavy atom. The highest BCUT2D eigenvalue weighted by atomic mass is 32.2. The van der Waals surface area contributed by atoms with E-state index in [0.717, 1.165) is 0 Å². The SMILES string of the molecule is CSC1=NCN(C2OC(COC(=O)c3ccccc3)C(OC(=O)c3ccccc3)C2OC(=O)c2ccccc2)C(=O)N1. The summed E-state index contributed by atoms with van der Waals surface area (Å²) in [5.74, 6) is -2.06. The van der Waals surface area contributed by atoms with Gasteiger partial charge in [0.1, 0.15) is 19.4 Å². The molecular formula is C30H27N3O8S. The van der Waals surface area contributed by atoms with Gasteiger partial charge >= 0.3 is 23.9 Å². The standard InChI is InChI=1S/C30H27N3O8S/c1-42-29-31-18-33(30(37)32-29)25-24(41-28(36)21-15-9-4-10-16-21)23(40-27(35)20-13-7-3-8-14-20)22(39-25)17-38-26(34)19-11-5-2-6-12-19/h2-16,22-25H,17-18H2,1H3,(H,31,32,37). The topological polar surface area (TPSA) is 133 Å². The van der Waals surface area contributed by atoms with Crippen molar-refractivity contribution in [3.8, 4) is 0 Å². The summed E-state index contributed by atoms with van der Waals surface area (Å²) in [7, 11) is 0. The molecule has 2 heterocycles. The fourth-order valence-corrected chi connectivity index (χ4v) is 4.80. The lowest BCUT2D eigenvalue weighted by molar-refractivity contribution is -0.0847. The van der Waals surface area contributed by atoms with Crippen LogP contribution in [0.1, 0.15) is 31.1 Å². The van der Waals surface area contributed by atoms with Crippen molar-refractivity contribution >= 4 is 40.9 Å². The minimum atomic E-state index is -1.29. The summed E-state index contributed by atoms with van der Waals surface area (Å²) in [5, 5.41) is 3.06. The average molecular weight is 590 g/mol. The van der Waals surface area contributed by atoms with Crippen molar-refractivity contribution in [1.29, 1.82) is 0 Å². The third kappa shape index (κ3) is 6.61. The van der Waals surface area contributed by atoms with E-state index in [1.54, 1.807) is 97.3 Å². The smallest absolute Gasteiger partial charge is 0.338 e. The lowest BCUT2D eigenvalue weighted by Gasteiger charge is -2.33. The third-order valence-corrected chi connectivity index (χ3v) is 7.14. The van der Waals surface area contributed by atoms with Gasteiger partial charge in [0.15, 0.2) is 23.6 Å². The van der Waals surface area contributed by atoms with E-state index in [4.69, 9.17) is 18.9 Å². The van der Waals surface area contributed by atoms with Gasteiger partial charge in [-0.25, -0.2) is 24.2 Å². The Morgan fingerprint density at radius 2 is 1.33 bits per heavy atom. The minimum absolute atomic E-state index is 0.109. The molecule has 4 atom stereocenters. The van der Waals surface area contributed by atoms with E-state index < -0.39 is 48.5 Å². The molecular weight excluding hydrogens is 562 g/mol. The van der Waals surface area contributed by atoms with Crippen LogP contribution in [0.3, 0.4) is 0 Å². The number of esters is 3. The number of amidine groups is 1. The molecule has 0 aliphatic carbocycles. The van der Waals surface area contributed by atoms with Crippen molar-refractivity contribution in [2.45, 2.75) is 24.5 Å². The molecule has 42 heavy (non-hydrogen) atoms. The number of rotatable bonds is 8. The van der Waals surface area contributed by atoms with E-state index in [1.165, 1.54) is 16.7 Å². The number of ether oxygens (including phenoxy) is 4. The molecule has 1 fully saturated rings. The highest BCUT2D eigenvalue weighted by Crippen LogP contribution is 2.32. The van der Waals surface area contributed by atoms with Crippen LogP contribution < -0.4 is 5.32 Å². The molecule has 0 bridgehead atoms. The van der Waals surface area contributed by atoms with E-state index in [0.29, 0.717) is 10.7 Å². The average Bonchev–Trinajstić information content (AvgIpc) is 3.36. The lowest BCUT2D eigenvalue weighted by atomic mass is 10.1. The number of benzene rings is 3. The summed E-state index contributed by atoms with van der Waals surface area (Å²) in [6.07, 6.45) is -3.09. The first kappa shape index (κ1) is 28.8. The molecule has 2 aliphatic rings. The molecule has 4 unspecified atom stereocenters. The largest absolute Gasteiger partial charge is 0.459 e. The van der Waals surface area contributed by atoms with Gasteiger partial charge in [-0.3, -0.25) is 10.2 Å². The van der Waals surface area contributed by atoms with Crippen LogP contribution in [0.15, 0.2) is 96.0 Å². The molecule has 5 rings (SSSR count). The van der Waals surface area contributed by atoms with Crippen LogP contribution in [0, 0.1) is 0 Å². The van der Waals surface area contributed by atoms with Crippen molar-refractivity contribution in [3.63, 3.8) is 0 Å². The van der Waals surface area contributed by atoms with Gasteiger partial charge < -0.3 is 18.9 Å². The number of hydrogen-bond donors (Lipinski definition) is 1. The fraction of sp³-hybridized carbons (Fsp3) is 0.233. The second kappa shape index (κ2) is 13.3. The van der Waals surface area contributed by atoms with Gasteiger partial charge in [-0.15, -0.1) is 0 Å². The second-order valence-corrected chi connectivity index (χ2v) is 10.0. The number of hydrogen-bond acceptors (Lipinski definition) is 10. The molecule has 0 saturated carbocycles. The summed E-state index contributed by atoms with van der Waals surface area (Å²) in [6.45, 7) is -0.465. The van der Waals surface area contributed by atoms with E-state index >= 15 is 0 Å². The number of amides is 2. The van der Waals surface area contributed by atoms with Crippen LogP contribution in [-0.2, 0) is 18.9 Å². The third-order valence-electron chi connectivity index (χ3n) is 6.52. The van der Waals surface area contributed by atoms with E-state index in [2.05, 4.69) is 10.3 Å². The number of carbonyl (C=O) groups is 4. The maximum Gasteiger partial charge on any atom is 0.338 e. The Balaban J connectivity index is 1.46. The maximum atomic E-state index is 13.2. The fourth-order valence-electron chi connectivity index (χ4n) is 4.43. The van der Waals surface area contributed by atoms with E-state index in [9.17, 15) is 19.2 Å². The Hall–Kier alpha value is -4.68. The van der Waals surface area contributed by atoms with Crippen molar-refractivity contribution in [2.24, 2.45) is 4.99 Å². The zero-order valence-electron chi connectivity index (χ0n) is 22.5. The summed E-state index contributed by atoms with van der Waals surface area (Å²) in [4.78, 5) is 57.8. The number of urea groups is 1. The Labute approximate surface area is 245 Å². The van der Waals surface area contributed by atoms with Crippen molar-refractivity contribution in [3.05, 3.63) is 108 Å². The van der Waals surface area contributed by atoms with Gasteiger partial charge in [0.05, 0.1) is 16.7 Å². The summed E-state index contributed by atoms with van der Waals surface area (Å²) < 4.78 is 23.4. The van der Waals surface area contributed by atoms with Crippen LogP contribution in [0.5, 0.6) is 0 Å². The van der Waals surface area contributed by atoms with Gasteiger partial charge in [-0.1, -0.05) is 66.4 Å². The molecule has 12 heteroatoms. The second-order valence-electron chi connectivity index (χ2n) is 9.21. The lowest BCUT2D eigenvalue weighted by Crippen LogP contribution is -2.55. The van der Waals surface area contributed by atoms with Crippen LogP contribution in [0.4, 0.5) is 4.79 Å². The quantitative estimate of drug-likeness (QED) is 0.308. The molecule has 3 aromatic carbocycles. The van der Waals surface area contributed by atoms with Crippen LogP contribution >= 0.6 is 11.8 Å². The summed E-state index contributed by atoms with van der Waals surface area (Å²) >= 11 is 1.26. The first-order chi connectivity index (χ1) is 20.4. The molecule has 11 nitrogen and oxygen atoms in total. The van der Waals surface area contributed by atoms with Gasteiger partial charge in [0.25, 0.3) is 0 Å². The Kier molecular flexibility index (Phi) is 9.15. The van der Waals surface area contributed by atoms with Gasteiger partial charge in [0.2, 0.25) is 0 Å². The van der Waals surface area contributed by atoms with Crippen molar-refractivity contribution < 1.29 is 38.1 Å². The molecule has 2 aliphatic heterocycles. The number of nitrogens with zero attached hydrogens (tertiary/aromatic N) is 2. The molecule has 1 N–H and O–H groups in total. The molecule has 216 valence electrons. The highest BCUT2D eigenvalue weighted by molar-refractivity contribution is 8.13. The van der Waals surface area contributed by atoms with E-state index in [1.807, 2.05) is 0 Å². The zero-order valence-corrected chi connectivity index (χ0v) is 23.3. The molecule has 2 amide bonds. The normalized spacial score (nSPS) is 21.6. The van der Waals surface area contributed by atoms with E-state index in [-0.39, 0.29) is 24.4 Å². The van der Waals surface area contributed by atoms with Gasteiger partial charge in [0, 0.05) is 0 Å². The first-order valence-corrected chi connectivity index (χ1v) is 14.2.